The lowest BCUT2D eigenvalue weighted by molar-refractivity contribution is -0.141. The van der Waals surface area contributed by atoms with E-state index in [9.17, 15) is 4.79 Å². The van der Waals surface area contributed by atoms with Gasteiger partial charge in [0.15, 0.2) is 0 Å². The van der Waals surface area contributed by atoms with Crippen molar-refractivity contribution in [3.8, 4) is 0 Å². The van der Waals surface area contributed by atoms with Gasteiger partial charge in [0.1, 0.15) is 6.54 Å². The fraction of sp³-hybridized carbons (Fsp3) is 0.462. The number of rotatable bonds is 6. The molecule has 0 aliphatic carbocycles. The highest BCUT2D eigenvalue weighted by Crippen LogP contribution is 2.16. The number of nitrogen functional groups attached to an aromatic ring is 1. The van der Waals surface area contributed by atoms with Crippen LogP contribution in [0.5, 0.6) is 0 Å². The number of hydrogen-bond acceptors (Lipinski definition) is 4. The molecule has 0 heterocycles. The summed E-state index contributed by atoms with van der Waals surface area (Å²) in [6.07, 6.45) is 0.976. The summed E-state index contributed by atoms with van der Waals surface area (Å²) in [5, 5.41) is 0. The number of esters is 1. The Labute approximate surface area is 102 Å². The first-order chi connectivity index (χ1) is 8.17. The second kappa shape index (κ2) is 6.78. The minimum Gasteiger partial charge on any atom is -0.465 e. The highest BCUT2D eigenvalue weighted by atomic mass is 16.5. The molecule has 0 aromatic heterocycles. The van der Waals surface area contributed by atoms with Gasteiger partial charge in [-0.25, -0.2) is 0 Å². The van der Waals surface area contributed by atoms with E-state index in [-0.39, 0.29) is 12.5 Å². The van der Waals surface area contributed by atoms with E-state index in [1.165, 1.54) is 0 Å². The zero-order chi connectivity index (χ0) is 12.7. The number of carbonyl (C=O) groups excluding carboxylic acids is 1. The average Bonchev–Trinajstić information content (AvgIpc) is 2.30. The summed E-state index contributed by atoms with van der Waals surface area (Å²) in [6.45, 7) is 5.41. The highest BCUT2D eigenvalue weighted by molar-refractivity contribution is 5.76. The summed E-state index contributed by atoms with van der Waals surface area (Å²) < 4.78 is 4.96. The number of ether oxygens (including phenoxy) is 1. The minimum absolute atomic E-state index is 0.197. The van der Waals surface area contributed by atoms with Gasteiger partial charge in [-0.15, -0.1) is 0 Å². The third kappa shape index (κ3) is 4.34. The number of carbonyl (C=O) groups is 1. The fourth-order valence-corrected chi connectivity index (χ4v) is 1.62. The molecule has 0 atom stereocenters. The Balaban J connectivity index is 2.71. The zero-order valence-corrected chi connectivity index (χ0v) is 10.5. The van der Waals surface area contributed by atoms with Crippen molar-refractivity contribution in [2.24, 2.45) is 0 Å². The van der Waals surface area contributed by atoms with Crippen LogP contribution in [0.3, 0.4) is 0 Å². The van der Waals surface area contributed by atoms with Gasteiger partial charge >= 0.3 is 5.97 Å². The standard InChI is InChI=1S/C13H20N2O2/c1-3-9-15(10-13(16)17-4-2)12-7-5-11(14)6-8-12/h5-8H,3-4,9-10,14H2,1-2H3. The lowest BCUT2D eigenvalue weighted by Crippen LogP contribution is -2.31. The maximum Gasteiger partial charge on any atom is 0.325 e. The molecule has 94 valence electrons. The Morgan fingerprint density at radius 1 is 1.29 bits per heavy atom. The first kappa shape index (κ1) is 13.4. The van der Waals surface area contributed by atoms with E-state index >= 15 is 0 Å². The van der Waals surface area contributed by atoms with Gasteiger partial charge in [0.2, 0.25) is 0 Å². The molecule has 0 saturated carbocycles. The number of anilines is 2. The van der Waals surface area contributed by atoms with E-state index < -0.39 is 0 Å². The molecule has 0 radical (unpaired) electrons. The first-order valence-corrected chi connectivity index (χ1v) is 5.93. The summed E-state index contributed by atoms with van der Waals surface area (Å²) >= 11 is 0. The third-order valence-corrected chi connectivity index (χ3v) is 2.38. The average molecular weight is 236 g/mol. The van der Waals surface area contributed by atoms with Crippen LogP contribution in [0.15, 0.2) is 24.3 Å². The molecule has 1 rings (SSSR count). The molecule has 0 saturated heterocycles. The largest absolute Gasteiger partial charge is 0.465 e. The van der Waals surface area contributed by atoms with Crippen LogP contribution in [0.4, 0.5) is 11.4 Å². The zero-order valence-electron chi connectivity index (χ0n) is 10.5. The minimum atomic E-state index is -0.197. The second-order valence-electron chi connectivity index (χ2n) is 3.82. The molecule has 4 nitrogen and oxygen atoms in total. The molecule has 0 fully saturated rings. The molecular weight excluding hydrogens is 216 g/mol. The Hall–Kier alpha value is -1.71. The van der Waals surface area contributed by atoms with Crippen LogP contribution in [0.2, 0.25) is 0 Å². The molecule has 0 aliphatic rings. The molecule has 0 bridgehead atoms. The first-order valence-electron chi connectivity index (χ1n) is 5.93. The maximum absolute atomic E-state index is 11.5. The van der Waals surface area contributed by atoms with Crippen molar-refractivity contribution in [1.82, 2.24) is 0 Å². The van der Waals surface area contributed by atoms with Gasteiger partial charge < -0.3 is 15.4 Å². The Bertz CT molecular complexity index is 349. The van der Waals surface area contributed by atoms with Crippen molar-refractivity contribution in [3.63, 3.8) is 0 Å². The van der Waals surface area contributed by atoms with E-state index in [0.29, 0.717) is 6.61 Å². The number of benzene rings is 1. The van der Waals surface area contributed by atoms with Crippen molar-refractivity contribution < 1.29 is 9.53 Å². The van der Waals surface area contributed by atoms with Crippen LogP contribution < -0.4 is 10.6 Å². The van der Waals surface area contributed by atoms with Crippen molar-refractivity contribution in [2.75, 3.05) is 30.3 Å². The van der Waals surface area contributed by atoms with Crippen LogP contribution in [-0.4, -0.2) is 25.7 Å². The molecule has 1 aromatic carbocycles. The topological polar surface area (TPSA) is 55.6 Å². The number of nitrogens with zero attached hydrogens (tertiary/aromatic N) is 1. The third-order valence-electron chi connectivity index (χ3n) is 2.38. The molecule has 0 unspecified atom stereocenters. The van der Waals surface area contributed by atoms with Crippen molar-refractivity contribution in [2.45, 2.75) is 20.3 Å². The highest BCUT2D eigenvalue weighted by Gasteiger charge is 2.11. The lowest BCUT2D eigenvalue weighted by Gasteiger charge is -2.23. The van der Waals surface area contributed by atoms with Crippen molar-refractivity contribution >= 4 is 17.3 Å². The SMILES string of the molecule is CCCN(CC(=O)OCC)c1ccc(N)cc1. The van der Waals surface area contributed by atoms with Gasteiger partial charge in [0, 0.05) is 17.9 Å². The molecular formula is C13H20N2O2. The van der Waals surface area contributed by atoms with Gasteiger partial charge in [-0.05, 0) is 37.6 Å². The van der Waals surface area contributed by atoms with Gasteiger partial charge in [-0.2, -0.15) is 0 Å². The van der Waals surface area contributed by atoms with E-state index in [2.05, 4.69) is 6.92 Å². The van der Waals surface area contributed by atoms with Crippen LogP contribution in [0.25, 0.3) is 0 Å². The summed E-state index contributed by atoms with van der Waals surface area (Å²) in [5.41, 5.74) is 7.36. The molecule has 0 aliphatic heterocycles. The molecule has 0 spiro atoms. The van der Waals surface area contributed by atoms with Crippen LogP contribution in [-0.2, 0) is 9.53 Å². The predicted molar refractivity (Wildman–Crippen MR) is 70.0 cm³/mol. The van der Waals surface area contributed by atoms with Gasteiger partial charge in [-0.3, -0.25) is 4.79 Å². The predicted octanol–water partition coefficient (Wildman–Crippen LogP) is 2.05. The van der Waals surface area contributed by atoms with Crippen LogP contribution in [0.1, 0.15) is 20.3 Å². The van der Waals surface area contributed by atoms with E-state index in [1.54, 1.807) is 0 Å². The van der Waals surface area contributed by atoms with Crippen molar-refractivity contribution in [1.29, 1.82) is 0 Å². The number of nitrogens with two attached hydrogens (primary N) is 1. The van der Waals surface area contributed by atoms with E-state index in [4.69, 9.17) is 10.5 Å². The monoisotopic (exact) mass is 236 g/mol. The van der Waals surface area contributed by atoms with Gasteiger partial charge in [0.25, 0.3) is 0 Å². The molecule has 4 heteroatoms. The summed E-state index contributed by atoms with van der Waals surface area (Å²) in [4.78, 5) is 13.5. The Morgan fingerprint density at radius 3 is 2.47 bits per heavy atom. The molecule has 2 N–H and O–H groups in total. The quantitative estimate of drug-likeness (QED) is 0.606. The summed E-state index contributed by atoms with van der Waals surface area (Å²) in [6, 6.07) is 7.51. The molecule has 1 aromatic rings. The Kier molecular flexibility index (Phi) is 5.33. The van der Waals surface area contributed by atoms with E-state index in [1.807, 2.05) is 36.1 Å². The van der Waals surface area contributed by atoms with Crippen molar-refractivity contribution in [3.05, 3.63) is 24.3 Å². The van der Waals surface area contributed by atoms with Gasteiger partial charge in [0.05, 0.1) is 6.61 Å². The maximum atomic E-state index is 11.5. The van der Waals surface area contributed by atoms with E-state index in [0.717, 1.165) is 24.3 Å². The summed E-state index contributed by atoms with van der Waals surface area (Å²) in [7, 11) is 0. The molecule has 0 amide bonds. The Morgan fingerprint density at radius 2 is 1.94 bits per heavy atom. The fourth-order valence-electron chi connectivity index (χ4n) is 1.62. The second-order valence-corrected chi connectivity index (χ2v) is 3.82. The van der Waals surface area contributed by atoms with Crippen LogP contribution in [0, 0.1) is 0 Å². The lowest BCUT2D eigenvalue weighted by atomic mass is 10.2. The molecule has 17 heavy (non-hydrogen) atoms. The van der Waals surface area contributed by atoms with Gasteiger partial charge in [-0.1, -0.05) is 6.92 Å². The smallest absolute Gasteiger partial charge is 0.325 e. The summed E-state index contributed by atoms with van der Waals surface area (Å²) in [5.74, 6) is -0.197. The van der Waals surface area contributed by atoms with Crippen LogP contribution >= 0.6 is 0 Å². The number of hydrogen-bond donors (Lipinski definition) is 1. The normalized spacial score (nSPS) is 10.0.